The fourth-order valence-electron chi connectivity index (χ4n) is 1.96. The number of aliphatic hydroxyl groups is 1. The van der Waals surface area contributed by atoms with Crippen LogP contribution in [-0.2, 0) is 0 Å². The van der Waals surface area contributed by atoms with E-state index in [-0.39, 0.29) is 17.9 Å². The Kier molecular flexibility index (Phi) is 5.83. The summed E-state index contributed by atoms with van der Waals surface area (Å²) in [4.78, 5) is 12.1. The average molecular weight is 264 g/mol. The molecule has 0 fully saturated rings. The van der Waals surface area contributed by atoms with Gasteiger partial charge in [-0.1, -0.05) is 26.0 Å². The van der Waals surface area contributed by atoms with Gasteiger partial charge in [-0.3, -0.25) is 4.79 Å². The molecule has 1 aromatic rings. The Hall–Kier alpha value is -1.55. The van der Waals surface area contributed by atoms with E-state index in [0.29, 0.717) is 12.1 Å². The summed E-state index contributed by atoms with van der Waals surface area (Å²) in [7, 11) is 1.80. The number of carbonyl (C=O) groups excluding carboxylic acids is 1. The zero-order valence-corrected chi connectivity index (χ0v) is 12.0. The van der Waals surface area contributed by atoms with E-state index in [9.17, 15) is 4.79 Å². The van der Waals surface area contributed by atoms with Crippen molar-refractivity contribution in [3.05, 3.63) is 29.8 Å². The first-order valence-corrected chi connectivity index (χ1v) is 6.66. The van der Waals surface area contributed by atoms with Gasteiger partial charge in [0.1, 0.15) is 0 Å². The van der Waals surface area contributed by atoms with E-state index >= 15 is 0 Å². The van der Waals surface area contributed by atoms with Gasteiger partial charge < -0.3 is 15.7 Å². The molecule has 0 aliphatic rings. The number of nitrogens with one attached hydrogen (secondary N) is 2. The number of hydrogen-bond acceptors (Lipinski definition) is 3. The summed E-state index contributed by atoms with van der Waals surface area (Å²) < 4.78 is 0. The third kappa shape index (κ3) is 4.91. The number of aliphatic hydroxyl groups excluding tert-OH is 1. The van der Waals surface area contributed by atoms with Crippen molar-refractivity contribution in [1.29, 1.82) is 0 Å². The second kappa shape index (κ2) is 7.14. The summed E-state index contributed by atoms with van der Waals surface area (Å²) >= 11 is 0. The van der Waals surface area contributed by atoms with Crippen LogP contribution in [0.25, 0.3) is 0 Å². The Balaban J connectivity index is 2.60. The molecule has 0 spiro atoms. The first-order chi connectivity index (χ1) is 9.00. The standard InChI is InChI=1S/C15H24N2O2/c1-15(2,9-6-10-18)11-17-14(19)12-7-4-5-8-13(12)16-3/h4-5,7-8,16,18H,6,9-11H2,1-3H3,(H,17,19). The van der Waals surface area contributed by atoms with Crippen molar-refractivity contribution in [2.75, 3.05) is 25.5 Å². The van der Waals surface area contributed by atoms with Crippen LogP contribution in [-0.4, -0.2) is 31.2 Å². The van der Waals surface area contributed by atoms with Crippen molar-refractivity contribution < 1.29 is 9.90 Å². The Morgan fingerprint density at radius 1 is 1.32 bits per heavy atom. The molecule has 0 aliphatic heterocycles. The summed E-state index contributed by atoms with van der Waals surface area (Å²) in [6.45, 7) is 4.98. The van der Waals surface area contributed by atoms with Crippen LogP contribution >= 0.6 is 0 Å². The summed E-state index contributed by atoms with van der Waals surface area (Å²) in [5.74, 6) is -0.0676. The molecule has 3 N–H and O–H groups in total. The lowest BCUT2D eigenvalue weighted by molar-refractivity contribution is 0.0934. The normalized spacial score (nSPS) is 11.2. The van der Waals surface area contributed by atoms with E-state index in [1.807, 2.05) is 24.3 Å². The molecular weight excluding hydrogens is 240 g/mol. The molecular formula is C15H24N2O2. The quantitative estimate of drug-likeness (QED) is 0.708. The third-order valence-electron chi connectivity index (χ3n) is 3.18. The Morgan fingerprint density at radius 3 is 2.63 bits per heavy atom. The van der Waals surface area contributed by atoms with Crippen molar-refractivity contribution in [2.45, 2.75) is 26.7 Å². The maximum atomic E-state index is 12.1. The van der Waals surface area contributed by atoms with Gasteiger partial charge in [0.15, 0.2) is 0 Å². The zero-order chi connectivity index (χ0) is 14.3. The van der Waals surface area contributed by atoms with E-state index in [1.165, 1.54) is 0 Å². The van der Waals surface area contributed by atoms with E-state index in [4.69, 9.17) is 5.11 Å². The molecule has 0 saturated heterocycles. The smallest absolute Gasteiger partial charge is 0.253 e. The lowest BCUT2D eigenvalue weighted by Crippen LogP contribution is -2.34. The van der Waals surface area contributed by atoms with E-state index in [0.717, 1.165) is 18.5 Å². The highest BCUT2D eigenvalue weighted by molar-refractivity contribution is 5.99. The van der Waals surface area contributed by atoms with E-state index in [2.05, 4.69) is 24.5 Å². The first kappa shape index (κ1) is 15.5. The van der Waals surface area contributed by atoms with Crippen LogP contribution < -0.4 is 10.6 Å². The van der Waals surface area contributed by atoms with Crippen molar-refractivity contribution >= 4 is 11.6 Å². The maximum Gasteiger partial charge on any atom is 0.253 e. The van der Waals surface area contributed by atoms with Crippen LogP contribution in [0.2, 0.25) is 0 Å². The van der Waals surface area contributed by atoms with Gasteiger partial charge in [0.05, 0.1) is 5.56 Å². The molecule has 4 heteroatoms. The minimum absolute atomic E-state index is 0.00697. The Morgan fingerprint density at radius 2 is 2.00 bits per heavy atom. The highest BCUT2D eigenvalue weighted by Gasteiger charge is 2.19. The number of carbonyl (C=O) groups is 1. The van der Waals surface area contributed by atoms with Crippen LogP contribution in [0, 0.1) is 5.41 Å². The van der Waals surface area contributed by atoms with Crippen molar-refractivity contribution in [3.8, 4) is 0 Å². The molecule has 0 atom stereocenters. The summed E-state index contributed by atoms with van der Waals surface area (Å²) in [6, 6.07) is 7.44. The van der Waals surface area contributed by atoms with Crippen molar-refractivity contribution in [1.82, 2.24) is 5.32 Å². The topological polar surface area (TPSA) is 61.4 Å². The van der Waals surface area contributed by atoms with Crippen LogP contribution in [0.5, 0.6) is 0 Å². The molecule has 1 rings (SSSR count). The number of hydrogen-bond donors (Lipinski definition) is 3. The number of para-hydroxylation sites is 1. The number of benzene rings is 1. The Labute approximate surface area is 115 Å². The molecule has 0 heterocycles. The zero-order valence-electron chi connectivity index (χ0n) is 12.0. The summed E-state index contributed by atoms with van der Waals surface area (Å²) in [5, 5.41) is 14.8. The van der Waals surface area contributed by atoms with E-state index in [1.54, 1.807) is 7.05 Å². The molecule has 4 nitrogen and oxygen atoms in total. The molecule has 19 heavy (non-hydrogen) atoms. The SMILES string of the molecule is CNc1ccccc1C(=O)NCC(C)(C)CCCO. The van der Waals surface area contributed by atoms with Gasteiger partial charge in [-0.05, 0) is 30.4 Å². The van der Waals surface area contributed by atoms with Gasteiger partial charge in [0.25, 0.3) is 5.91 Å². The summed E-state index contributed by atoms with van der Waals surface area (Å²) in [5.41, 5.74) is 1.48. The van der Waals surface area contributed by atoms with Gasteiger partial charge in [-0.2, -0.15) is 0 Å². The molecule has 0 saturated carbocycles. The van der Waals surface area contributed by atoms with E-state index < -0.39 is 0 Å². The fraction of sp³-hybridized carbons (Fsp3) is 0.533. The molecule has 1 amide bonds. The number of rotatable bonds is 7. The number of anilines is 1. The van der Waals surface area contributed by atoms with Crippen LogP contribution in [0.15, 0.2) is 24.3 Å². The lowest BCUT2D eigenvalue weighted by atomic mass is 9.88. The van der Waals surface area contributed by atoms with Crippen molar-refractivity contribution in [2.24, 2.45) is 5.41 Å². The molecule has 0 unspecified atom stereocenters. The monoisotopic (exact) mass is 264 g/mol. The molecule has 1 aromatic carbocycles. The van der Waals surface area contributed by atoms with Crippen molar-refractivity contribution in [3.63, 3.8) is 0 Å². The molecule has 0 bridgehead atoms. The minimum Gasteiger partial charge on any atom is -0.396 e. The largest absolute Gasteiger partial charge is 0.396 e. The second-order valence-corrected chi connectivity index (χ2v) is 5.47. The average Bonchev–Trinajstić information content (AvgIpc) is 2.42. The van der Waals surface area contributed by atoms with Gasteiger partial charge in [0, 0.05) is 25.9 Å². The lowest BCUT2D eigenvalue weighted by Gasteiger charge is -2.24. The van der Waals surface area contributed by atoms with Gasteiger partial charge >= 0.3 is 0 Å². The minimum atomic E-state index is -0.0676. The van der Waals surface area contributed by atoms with Gasteiger partial charge in [-0.15, -0.1) is 0 Å². The Bertz CT molecular complexity index is 416. The second-order valence-electron chi connectivity index (χ2n) is 5.47. The highest BCUT2D eigenvalue weighted by atomic mass is 16.2. The predicted molar refractivity (Wildman–Crippen MR) is 78.4 cm³/mol. The maximum absolute atomic E-state index is 12.1. The number of amides is 1. The third-order valence-corrected chi connectivity index (χ3v) is 3.18. The molecule has 106 valence electrons. The highest BCUT2D eigenvalue weighted by Crippen LogP contribution is 2.21. The van der Waals surface area contributed by atoms with Crippen LogP contribution in [0.1, 0.15) is 37.0 Å². The predicted octanol–water partition coefficient (Wildman–Crippen LogP) is 2.26. The molecule has 0 aliphatic carbocycles. The molecule has 0 radical (unpaired) electrons. The first-order valence-electron chi connectivity index (χ1n) is 6.66. The molecule has 0 aromatic heterocycles. The van der Waals surface area contributed by atoms with Gasteiger partial charge in [0.2, 0.25) is 0 Å². The van der Waals surface area contributed by atoms with Gasteiger partial charge in [-0.25, -0.2) is 0 Å². The van der Waals surface area contributed by atoms with Crippen LogP contribution in [0.4, 0.5) is 5.69 Å². The van der Waals surface area contributed by atoms with Crippen LogP contribution in [0.3, 0.4) is 0 Å². The summed E-state index contributed by atoms with van der Waals surface area (Å²) in [6.07, 6.45) is 1.65. The fourth-order valence-corrected chi connectivity index (χ4v) is 1.96.